The van der Waals surface area contributed by atoms with Gasteiger partial charge in [0.25, 0.3) is 0 Å². The van der Waals surface area contributed by atoms with Crippen LogP contribution in [-0.2, 0) is 0 Å². The lowest BCUT2D eigenvalue weighted by Gasteiger charge is -2.09. The summed E-state index contributed by atoms with van der Waals surface area (Å²) in [4.78, 5) is 0. The van der Waals surface area contributed by atoms with Crippen molar-refractivity contribution in [2.24, 2.45) is 0 Å². The number of benzene rings is 1. The molecule has 0 fully saturated rings. The summed E-state index contributed by atoms with van der Waals surface area (Å²) in [7, 11) is 1.70. The summed E-state index contributed by atoms with van der Waals surface area (Å²) in [6, 6.07) is 8.82. The summed E-state index contributed by atoms with van der Waals surface area (Å²) in [5.41, 5.74) is 1.22. The second-order valence-electron chi connectivity index (χ2n) is 2.82. The van der Waals surface area contributed by atoms with Crippen molar-refractivity contribution in [1.29, 1.82) is 0 Å². The molecule has 0 aliphatic rings. The average Bonchev–Trinajstić information content (AvgIpc) is 2.04. The summed E-state index contributed by atoms with van der Waals surface area (Å²) in [6.45, 7) is 4.29. The third-order valence-corrected chi connectivity index (χ3v) is 1.70. The summed E-state index contributed by atoms with van der Waals surface area (Å²) >= 11 is 0. The molecular weight excluding hydrogens is 136 g/mol. The van der Waals surface area contributed by atoms with Gasteiger partial charge in [-0.25, -0.2) is 0 Å². The van der Waals surface area contributed by atoms with Crippen molar-refractivity contribution in [3.63, 3.8) is 0 Å². The van der Waals surface area contributed by atoms with E-state index in [4.69, 9.17) is 4.74 Å². The average molecular weight is 149 g/mol. The zero-order chi connectivity index (χ0) is 8.27. The van der Waals surface area contributed by atoms with E-state index in [-0.39, 0.29) is 0 Å². The lowest BCUT2D eigenvalue weighted by molar-refractivity contribution is 0.407. The number of methoxy groups -OCH3 is 1. The number of rotatable bonds is 2. The molecule has 1 nitrogen and oxygen atoms in total. The van der Waals surface area contributed by atoms with E-state index in [0.29, 0.717) is 5.92 Å². The van der Waals surface area contributed by atoms with Crippen LogP contribution in [0.5, 0.6) is 5.75 Å². The first-order valence-electron chi connectivity index (χ1n) is 3.79. The Morgan fingerprint density at radius 3 is 2.64 bits per heavy atom. The Balaban J connectivity index is 3.02. The molecule has 1 rings (SSSR count). The topological polar surface area (TPSA) is 9.23 Å². The van der Waals surface area contributed by atoms with Gasteiger partial charge in [-0.2, -0.15) is 0 Å². The highest BCUT2D eigenvalue weighted by Gasteiger charge is 2.04. The Hall–Kier alpha value is -0.980. The second kappa shape index (κ2) is 3.42. The minimum atomic E-state index is 0.502. The van der Waals surface area contributed by atoms with Gasteiger partial charge in [0.05, 0.1) is 7.11 Å². The fraction of sp³-hybridized carbons (Fsp3) is 0.400. The molecule has 0 aliphatic heterocycles. The van der Waals surface area contributed by atoms with Crippen LogP contribution in [0.2, 0.25) is 0 Å². The molecule has 1 aromatic rings. The highest BCUT2D eigenvalue weighted by molar-refractivity contribution is 5.34. The highest BCUT2D eigenvalue weighted by atomic mass is 16.5. The van der Waals surface area contributed by atoms with E-state index in [9.17, 15) is 0 Å². The van der Waals surface area contributed by atoms with Gasteiger partial charge >= 0.3 is 0 Å². The van der Waals surface area contributed by atoms with Crippen LogP contribution < -0.4 is 4.74 Å². The Morgan fingerprint density at radius 1 is 1.45 bits per heavy atom. The third-order valence-electron chi connectivity index (χ3n) is 1.70. The second-order valence-corrected chi connectivity index (χ2v) is 2.82. The molecule has 0 unspecified atom stereocenters. The molecule has 0 atom stereocenters. The largest absolute Gasteiger partial charge is 0.496 e. The Kier molecular flexibility index (Phi) is 2.53. The number of ether oxygens (including phenoxy) is 1. The summed E-state index contributed by atoms with van der Waals surface area (Å²) in [5.74, 6) is 1.46. The molecule has 59 valence electrons. The maximum absolute atomic E-state index is 5.19. The van der Waals surface area contributed by atoms with Gasteiger partial charge < -0.3 is 4.74 Å². The molecule has 0 saturated carbocycles. The zero-order valence-corrected chi connectivity index (χ0v) is 7.22. The summed E-state index contributed by atoms with van der Waals surface area (Å²) in [6.07, 6.45) is 0. The van der Waals surface area contributed by atoms with Crippen LogP contribution in [0.3, 0.4) is 0 Å². The fourth-order valence-electron chi connectivity index (χ4n) is 1.07. The Labute approximate surface area is 68.0 Å². The smallest absolute Gasteiger partial charge is 0.122 e. The molecule has 0 bridgehead atoms. The van der Waals surface area contributed by atoms with Crippen molar-refractivity contribution < 1.29 is 4.74 Å². The fourth-order valence-corrected chi connectivity index (χ4v) is 1.07. The molecule has 0 amide bonds. The van der Waals surface area contributed by atoms with Gasteiger partial charge in [0.1, 0.15) is 5.75 Å². The van der Waals surface area contributed by atoms with Crippen molar-refractivity contribution in [2.45, 2.75) is 19.8 Å². The predicted octanol–water partition coefficient (Wildman–Crippen LogP) is 2.62. The van der Waals surface area contributed by atoms with Crippen molar-refractivity contribution in [3.8, 4) is 5.75 Å². The molecule has 0 heterocycles. The Bertz CT molecular complexity index is 228. The standard InChI is InChI=1S/C10H13O/c1-8(2)9-6-4-5-7-10(9)11-3/h5-8H,1-3H3. The molecule has 1 aromatic carbocycles. The van der Waals surface area contributed by atoms with Crippen LogP contribution in [0, 0.1) is 6.07 Å². The van der Waals surface area contributed by atoms with E-state index >= 15 is 0 Å². The predicted molar refractivity (Wildman–Crippen MR) is 45.9 cm³/mol. The van der Waals surface area contributed by atoms with Crippen LogP contribution in [0.1, 0.15) is 25.3 Å². The molecule has 0 spiro atoms. The van der Waals surface area contributed by atoms with Crippen LogP contribution in [0.15, 0.2) is 18.2 Å². The maximum Gasteiger partial charge on any atom is 0.122 e. The molecular formula is C10H13O. The van der Waals surface area contributed by atoms with E-state index in [1.54, 1.807) is 7.11 Å². The SMILES string of the molecule is COc1cc[c]cc1C(C)C. The van der Waals surface area contributed by atoms with Crippen LogP contribution in [0.25, 0.3) is 0 Å². The summed E-state index contributed by atoms with van der Waals surface area (Å²) < 4.78 is 5.19. The molecule has 0 saturated heterocycles. The van der Waals surface area contributed by atoms with Gasteiger partial charge in [-0.15, -0.1) is 0 Å². The minimum absolute atomic E-state index is 0.502. The molecule has 0 aliphatic carbocycles. The molecule has 0 aromatic heterocycles. The van der Waals surface area contributed by atoms with E-state index in [1.165, 1.54) is 5.56 Å². The van der Waals surface area contributed by atoms with Crippen molar-refractivity contribution in [2.75, 3.05) is 7.11 Å². The highest BCUT2D eigenvalue weighted by Crippen LogP contribution is 2.24. The quantitative estimate of drug-likeness (QED) is 0.628. The van der Waals surface area contributed by atoms with E-state index in [1.807, 2.05) is 18.2 Å². The minimum Gasteiger partial charge on any atom is -0.496 e. The van der Waals surface area contributed by atoms with Crippen molar-refractivity contribution >= 4 is 0 Å². The first-order valence-corrected chi connectivity index (χ1v) is 3.79. The van der Waals surface area contributed by atoms with Crippen molar-refractivity contribution in [3.05, 3.63) is 29.8 Å². The van der Waals surface area contributed by atoms with E-state index in [0.717, 1.165) is 5.75 Å². The first kappa shape index (κ1) is 8.12. The molecule has 0 N–H and O–H groups in total. The van der Waals surface area contributed by atoms with Gasteiger partial charge in [0, 0.05) is 0 Å². The van der Waals surface area contributed by atoms with Gasteiger partial charge in [0.2, 0.25) is 0 Å². The monoisotopic (exact) mass is 149 g/mol. The normalized spacial score (nSPS) is 10.2. The number of hydrogen-bond donors (Lipinski definition) is 0. The molecule has 1 radical (unpaired) electrons. The first-order chi connectivity index (χ1) is 5.25. The maximum atomic E-state index is 5.19. The molecule has 1 heteroatoms. The van der Waals surface area contributed by atoms with Gasteiger partial charge in [-0.3, -0.25) is 0 Å². The lowest BCUT2D eigenvalue weighted by atomic mass is 10.0. The Morgan fingerprint density at radius 2 is 2.18 bits per heavy atom. The van der Waals surface area contributed by atoms with Crippen LogP contribution >= 0.6 is 0 Å². The van der Waals surface area contributed by atoms with Crippen LogP contribution in [0.4, 0.5) is 0 Å². The van der Waals surface area contributed by atoms with E-state index < -0.39 is 0 Å². The molecule has 11 heavy (non-hydrogen) atoms. The third kappa shape index (κ3) is 1.73. The number of hydrogen-bond acceptors (Lipinski definition) is 1. The van der Waals surface area contributed by atoms with E-state index in [2.05, 4.69) is 19.9 Å². The van der Waals surface area contributed by atoms with Gasteiger partial charge in [-0.05, 0) is 29.7 Å². The zero-order valence-electron chi connectivity index (χ0n) is 7.22. The van der Waals surface area contributed by atoms with Gasteiger partial charge in [0.15, 0.2) is 0 Å². The van der Waals surface area contributed by atoms with Crippen molar-refractivity contribution in [1.82, 2.24) is 0 Å². The lowest BCUT2D eigenvalue weighted by Crippen LogP contribution is -1.92. The van der Waals surface area contributed by atoms with Gasteiger partial charge in [-0.1, -0.05) is 19.9 Å². The summed E-state index contributed by atoms with van der Waals surface area (Å²) in [5, 5.41) is 0. The van der Waals surface area contributed by atoms with Crippen LogP contribution in [-0.4, -0.2) is 7.11 Å².